The van der Waals surface area contributed by atoms with E-state index in [4.69, 9.17) is 4.74 Å². The van der Waals surface area contributed by atoms with Crippen molar-refractivity contribution < 1.29 is 24.2 Å². The molecule has 0 saturated carbocycles. The molecular formula is C27H38N2O5S. The molecule has 0 aromatic heterocycles. The number of fused-ring (bicyclic) bond motifs is 1. The first-order valence-corrected chi connectivity index (χ1v) is 13.8. The summed E-state index contributed by atoms with van der Waals surface area (Å²) in [5.41, 5.74) is 0.988. The Labute approximate surface area is 212 Å². The predicted octanol–water partition coefficient (Wildman–Crippen LogP) is 2.94. The van der Waals surface area contributed by atoms with Crippen LogP contribution in [-0.4, -0.2) is 69.1 Å². The molecule has 0 radical (unpaired) electrons. The summed E-state index contributed by atoms with van der Waals surface area (Å²) >= 11 is 1.63. The lowest BCUT2D eigenvalue weighted by molar-refractivity contribution is -0.155. The van der Waals surface area contributed by atoms with E-state index in [1.165, 1.54) is 0 Å². The third-order valence-corrected chi connectivity index (χ3v) is 9.99. The van der Waals surface area contributed by atoms with Gasteiger partial charge in [-0.15, -0.1) is 11.8 Å². The minimum Gasteiger partial charge on any atom is -0.466 e. The number of ether oxygens (including phenoxy) is 1. The lowest BCUT2D eigenvalue weighted by atomic mass is 9.66. The average Bonchev–Trinajstić information content (AvgIpc) is 3.42. The van der Waals surface area contributed by atoms with Gasteiger partial charge in [0.1, 0.15) is 6.04 Å². The normalized spacial score (nSPS) is 31.9. The van der Waals surface area contributed by atoms with Gasteiger partial charge in [-0.1, -0.05) is 50.1 Å². The first-order valence-electron chi connectivity index (χ1n) is 12.9. The molecule has 1 aromatic carbocycles. The zero-order chi connectivity index (χ0) is 25.2. The molecule has 1 aromatic rings. The number of amides is 2. The number of nitrogens with zero attached hydrogens (tertiary/aromatic N) is 1. The fraction of sp³-hybridized carbons (Fsp3) is 0.667. The number of hydrogen-bond donors (Lipinski definition) is 2. The number of unbranched alkanes of at least 4 members (excludes halogenated alkanes) is 2. The Bertz CT molecular complexity index is 943. The molecule has 3 aliphatic rings. The van der Waals surface area contributed by atoms with Crippen molar-refractivity contribution in [3.8, 4) is 0 Å². The number of rotatable bonds is 11. The van der Waals surface area contributed by atoms with Gasteiger partial charge in [-0.2, -0.15) is 0 Å². The molecule has 2 unspecified atom stereocenters. The summed E-state index contributed by atoms with van der Waals surface area (Å²) < 4.78 is 4.30. The van der Waals surface area contributed by atoms with Crippen LogP contribution in [0, 0.1) is 11.8 Å². The van der Waals surface area contributed by atoms with Crippen LogP contribution in [0.4, 0.5) is 0 Å². The average molecular weight is 503 g/mol. The Morgan fingerprint density at radius 3 is 2.63 bits per heavy atom. The highest BCUT2D eigenvalue weighted by molar-refractivity contribution is 8.02. The molecule has 2 amide bonds. The molecule has 3 heterocycles. The van der Waals surface area contributed by atoms with Crippen LogP contribution in [0.5, 0.6) is 0 Å². The van der Waals surface area contributed by atoms with E-state index in [1.54, 1.807) is 23.6 Å². The highest BCUT2D eigenvalue weighted by Crippen LogP contribution is 2.71. The van der Waals surface area contributed by atoms with Crippen LogP contribution < -0.4 is 5.32 Å². The summed E-state index contributed by atoms with van der Waals surface area (Å²) in [7, 11) is 0. The molecule has 3 fully saturated rings. The van der Waals surface area contributed by atoms with Gasteiger partial charge in [-0.05, 0) is 45.1 Å². The summed E-state index contributed by atoms with van der Waals surface area (Å²) in [6, 6.07) is 8.43. The maximum atomic E-state index is 14.1. The first kappa shape index (κ1) is 26.0. The molecule has 35 heavy (non-hydrogen) atoms. The number of thioether (sulfide) groups is 1. The minimum atomic E-state index is -0.728. The van der Waals surface area contributed by atoms with Crippen molar-refractivity contribution in [1.29, 1.82) is 0 Å². The number of likely N-dealkylation sites (tertiary alicyclic amines) is 1. The molecule has 1 spiro atoms. The van der Waals surface area contributed by atoms with Gasteiger partial charge in [0, 0.05) is 11.3 Å². The van der Waals surface area contributed by atoms with Crippen LogP contribution in [0.1, 0.15) is 58.4 Å². The molecule has 6 atom stereocenters. The van der Waals surface area contributed by atoms with Gasteiger partial charge in [0.25, 0.3) is 0 Å². The number of carbonyl (C=O) groups excluding carboxylic acids is 3. The molecule has 3 saturated heterocycles. The Morgan fingerprint density at radius 1 is 1.23 bits per heavy atom. The van der Waals surface area contributed by atoms with Gasteiger partial charge in [0.2, 0.25) is 11.8 Å². The number of aliphatic hydroxyl groups is 1. The highest BCUT2D eigenvalue weighted by atomic mass is 32.2. The van der Waals surface area contributed by atoms with Gasteiger partial charge in [0.15, 0.2) is 0 Å². The van der Waals surface area contributed by atoms with Crippen LogP contribution in [-0.2, 0) is 25.5 Å². The van der Waals surface area contributed by atoms with Crippen molar-refractivity contribution >= 4 is 29.5 Å². The maximum Gasteiger partial charge on any atom is 0.311 e. The number of nitrogens with one attached hydrogen (secondary N) is 1. The lowest BCUT2D eigenvalue weighted by Crippen LogP contribution is -2.57. The Balaban J connectivity index is 1.71. The van der Waals surface area contributed by atoms with Gasteiger partial charge in [-0.3, -0.25) is 14.4 Å². The number of esters is 1. The van der Waals surface area contributed by atoms with Gasteiger partial charge in [-0.25, -0.2) is 0 Å². The van der Waals surface area contributed by atoms with Crippen LogP contribution in [0.2, 0.25) is 0 Å². The summed E-state index contributed by atoms with van der Waals surface area (Å²) in [4.78, 5) is 42.6. The van der Waals surface area contributed by atoms with Crippen molar-refractivity contribution in [2.24, 2.45) is 11.8 Å². The second-order valence-corrected chi connectivity index (χ2v) is 12.1. The SMILES string of the molecule is CCCCCNC(=O)C1N([C@@H](CO)Cc2ccccc2)C(=O)[C@@H]2[C@@H](C(=O)OCC)[C@@]3(C)CCC12S3. The van der Waals surface area contributed by atoms with Crippen molar-refractivity contribution in [3.63, 3.8) is 0 Å². The number of hydrogen-bond acceptors (Lipinski definition) is 6. The predicted molar refractivity (Wildman–Crippen MR) is 136 cm³/mol. The lowest BCUT2D eigenvalue weighted by Gasteiger charge is -2.37. The summed E-state index contributed by atoms with van der Waals surface area (Å²) in [5.74, 6) is -1.95. The van der Waals surface area contributed by atoms with E-state index in [2.05, 4.69) is 12.2 Å². The second kappa shape index (κ2) is 10.5. The second-order valence-electron chi connectivity index (χ2n) is 10.2. The Morgan fingerprint density at radius 2 is 1.97 bits per heavy atom. The zero-order valence-electron chi connectivity index (χ0n) is 21.0. The molecule has 3 aliphatic heterocycles. The summed E-state index contributed by atoms with van der Waals surface area (Å²) in [6.07, 6.45) is 4.83. The zero-order valence-corrected chi connectivity index (χ0v) is 21.8. The molecule has 8 heteroatoms. The van der Waals surface area contributed by atoms with Gasteiger partial charge < -0.3 is 20.1 Å². The van der Waals surface area contributed by atoms with Crippen LogP contribution in [0.25, 0.3) is 0 Å². The smallest absolute Gasteiger partial charge is 0.311 e. The van der Waals surface area contributed by atoms with Crippen LogP contribution in [0.3, 0.4) is 0 Å². The molecular weight excluding hydrogens is 464 g/mol. The highest BCUT2D eigenvalue weighted by Gasteiger charge is 2.77. The standard InChI is InChI=1S/C27H38N2O5S/c1-4-6-10-15-28-23(31)22-27-14-13-26(3,35-27)21(25(33)34-5-2)20(27)24(32)29(22)19(17-30)16-18-11-8-7-9-12-18/h7-9,11-12,19-22,30H,4-6,10,13-17H2,1-3H3,(H,28,31)/t19-,20+,21+,22?,26-,27?/m1/s1. The van der Waals surface area contributed by atoms with E-state index < -0.39 is 33.4 Å². The van der Waals surface area contributed by atoms with Gasteiger partial charge in [0.05, 0.1) is 35.8 Å². The van der Waals surface area contributed by atoms with E-state index in [0.29, 0.717) is 19.4 Å². The first-order chi connectivity index (χ1) is 16.8. The summed E-state index contributed by atoms with van der Waals surface area (Å²) in [5, 5.41) is 13.5. The fourth-order valence-corrected chi connectivity index (χ4v) is 8.80. The maximum absolute atomic E-state index is 14.1. The molecule has 7 nitrogen and oxygen atoms in total. The summed E-state index contributed by atoms with van der Waals surface area (Å²) in [6.45, 7) is 6.47. The molecule has 0 aliphatic carbocycles. The minimum absolute atomic E-state index is 0.176. The van der Waals surface area contributed by atoms with Crippen LogP contribution in [0.15, 0.2) is 30.3 Å². The quantitative estimate of drug-likeness (QED) is 0.357. The van der Waals surface area contributed by atoms with E-state index in [-0.39, 0.29) is 31.0 Å². The third kappa shape index (κ3) is 4.48. The van der Waals surface area contributed by atoms with E-state index in [0.717, 1.165) is 31.2 Å². The number of carbonyl (C=O) groups is 3. The molecule has 2 N–H and O–H groups in total. The molecule has 2 bridgehead atoms. The largest absolute Gasteiger partial charge is 0.466 e. The topological polar surface area (TPSA) is 95.9 Å². The van der Waals surface area contributed by atoms with Crippen molar-refractivity contribution in [2.45, 2.75) is 80.9 Å². The van der Waals surface area contributed by atoms with E-state index in [1.807, 2.05) is 37.3 Å². The van der Waals surface area contributed by atoms with E-state index in [9.17, 15) is 19.5 Å². The Kier molecular flexibility index (Phi) is 7.81. The number of aliphatic hydroxyl groups excluding tert-OH is 1. The fourth-order valence-electron chi connectivity index (χ4n) is 6.47. The monoisotopic (exact) mass is 502 g/mol. The third-order valence-electron chi connectivity index (χ3n) is 8.00. The van der Waals surface area contributed by atoms with Crippen molar-refractivity contribution in [1.82, 2.24) is 10.2 Å². The molecule has 4 rings (SSSR count). The number of benzene rings is 1. The van der Waals surface area contributed by atoms with E-state index >= 15 is 0 Å². The van der Waals surface area contributed by atoms with Crippen LogP contribution >= 0.6 is 11.8 Å². The molecule has 192 valence electrons. The van der Waals surface area contributed by atoms with Crippen molar-refractivity contribution in [3.05, 3.63) is 35.9 Å². The van der Waals surface area contributed by atoms with Crippen molar-refractivity contribution in [2.75, 3.05) is 19.8 Å². The Hall–Kier alpha value is -2.06. The van der Waals surface area contributed by atoms with Gasteiger partial charge >= 0.3 is 5.97 Å².